The number of nitrogens with one attached hydrogen (secondary N) is 1. The first-order valence-electron chi connectivity index (χ1n) is 9.23. The van der Waals surface area contributed by atoms with Gasteiger partial charge in [-0.05, 0) is 48.6 Å². The van der Waals surface area contributed by atoms with E-state index in [0.29, 0.717) is 36.2 Å². The fraction of sp³-hybridized carbons (Fsp3) is 0.286. The molecule has 1 unspecified atom stereocenters. The van der Waals surface area contributed by atoms with Crippen LogP contribution in [0.25, 0.3) is 6.08 Å². The van der Waals surface area contributed by atoms with Crippen molar-refractivity contribution in [2.45, 2.75) is 18.9 Å². The largest absolute Gasteiger partial charge is 0.486 e. The molecule has 0 spiro atoms. The number of hydrogen-bond donors (Lipinski definition) is 1. The monoisotopic (exact) mass is 380 g/mol. The third-order valence-corrected chi connectivity index (χ3v) is 4.86. The molecule has 28 heavy (non-hydrogen) atoms. The van der Waals surface area contributed by atoms with E-state index in [9.17, 15) is 14.9 Å². The third-order valence-electron chi connectivity index (χ3n) is 4.86. The average molecular weight is 380 g/mol. The van der Waals surface area contributed by atoms with Crippen LogP contribution in [0, 0.1) is 16.0 Å². The van der Waals surface area contributed by atoms with Gasteiger partial charge in [0.1, 0.15) is 13.2 Å². The Morgan fingerprint density at radius 2 is 1.89 bits per heavy atom. The van der Waals surface area contributed by atoms with E-state index in [4.69, 9.17) is 9.47 Å². The van der Waals surface area contributed by atoms with Crippen molar-refractivity contribution in [2.24, 2.45) is 5.92 Å². The first-order chi connectivity index (χ1) is 13.6. The van der Waals surface area contributed by atoms with Crippen LogP contribution in [0.3, 0.4) is 0 Å². The van der Waals surface area contributed by atoms with Crippen molar-refractivity contribution < 1.29 is 19.2 Å². The van der Waals surface area contributed by atoms with Crippen LogP contribution in [0.15, 0.2) is 48.5 Å². The molecule has 7 heteroatoms. The Kier molecular flexibility index (Phi) is 4.97. The summed E-state index contributed by atoms with van der Waals surface area (Å²) in [5, 5.41) is 14.1. The van der Waals surface area contributed by atoms with Gasteiger partial charge in [0, 0.05) is 12.1 Å². The quantitative estimate of drug-likeness (QED) is 0.469. The topological polar surface area (TPSA) is 90.7 Å². The molecule has 1 fully saturated rings. The number of carbonyl (C=O) groups excluding carboxylic acids is 1. The van der Waals surface area contributed by atoms with Crippen molar-refractivity contribution >= 4 is 17.7 Å². The number of nitrogens with zero attached hydrogens (tertiary/aromatic N) is 1. The van der Waals surface area contributed by atoms with E-state index in [1.807, 2.05) is 18.2 Å². The minimum Gasteiger partial charge on any atom is -0.486 e. The lowest BCUT2D eigenvalue weighted by molar-refractivity contribution is -0.385. The van der Waals surface area contributed by atoms with E-state index >= 15 is 0 Å². The number of ether oxygens (including phenoxy) is 2. The molecule has 0 bridgehead atoms. The zero-order valence-electron chi connectivity index (χ0n) is 15.2. The summed E-state index contributed by atoms with van der Waals surface area (Å²) in [5.74, 6) is 1.50. The van der Waals surface area contributed by atoms with Gasteiger partial charge in [0.25, 0.3) is 5.69 Å². The van der Waals surface area contributed by atoms with Gasteiger partial charge in [0.05, 0.1) is 16.5 Å². The Hall–Kier alpha value is -3.35. The highest BCUT2D eigenvalue weighted by Gasteiger charge is 2.33. The Labute approximate surface area is 162 Å². The highest BCUT2D eigenvalue weighted by atomic mass is 16.6. The van der Waals surface area contributed by atoms with Gasteiger partial charge in [-0.3, -0.25) is 14.9 Å². The van der Waals surface area contributed by atoms with Crippen molar-refractivity contribution in [2.75, 3.05) is 13.2 Å². The number of rotatable bonds is 6. The number of hydrogen-bond acceptors (Lipinski definition) is 5. The number of para-hydroxylation sites is 1. The third kappa shape index (κ3) is 3.98. The average Bonchev–Trinajstić information content (AvgIpc) is 3.55. The minimum atomic E-state index is -0.459. The second-order valence-corrected chi connectivity index (χ2v) is 6.88. The second kappa shape index (κ2) is 7.72. The fourth-order valence-electron chi connectivity index (χ4n) is 3.32. The van der Waals surface area contributed by atoms with Crippen molar-refractivity contribution in [3.05, 3.63) is 69.8 Å². The summed E-state index contributed by atoms with van der Waals surface area (Å²) >= 11 is 0. The molecule has 0 radical (unpaired) electrons. The van der Waals surface area contributed by atoms with Crippen LogP contribution in [0.5, 0.6) is 11.5 Å². The van der Waals surface area contributed by atoms with E-state index in [1.165, 1.54) is 18.2 Å². The molecule has 1 heterocycles. The molecule has 4 rings (SSSR count). The standard InChI is InChI=1S/C21H20N2O5/c24-20(10-8-14-3-1-2-4-17(14)23(25)26)22-21(15-5-6-15)16-7-9-18-19(13-16)28-12-11-27-18/h1-4,7-10,13,15,21H,5-6,11-12H2,(H,22,24)/b10-8+. The van der Waals surface area contributed by atoms with E-state index < -0.39 is 4.92 Å². The molecule has 2 aromatic carbocycles. The smallest absolute Gasteiger partial charge is 0.276 e. The van der Waals surface area contributed by atoms with Crippen LogP contribution in [0.2, 0.25) is 0 Å². The number of nitro benzene ring substituents is 1. The molecule has 1 amide bonds. The van der Waals surface area contributed by atoms with Crippen LogP contribution in [-0.4, -0.2) is 24.0 Å². The lowest BCUT2D eigenvalue weighted by atomic mass is 10.0. The highest BCUT2D eigenvalue weighted by molar-refractivity contribution is 5.92. The molecule has 1 aliphatic carbocycles. The van der Waals surface area contributed by atoms with Gasteiger partial charge in [-0.1, -0.05) is 18.2 Å². The molecule has 2 aliphatic rings. The molecule has 1 aliphatic heterocycles. The Bertz CT molecular complexity index is 936. The molecule has 1 saturated carbocycles. The van der Waals surface area contributed by atoms with Crippen molar-refractivity contribution in [3.8, 4) is 11.5 Å². The van der Waals surface area contributed by atoms with Crippen LogP contribution >= 0.6 is 0 Å². The molecule has 0 aromatic heterocycles. The second-order valence-electron chi connectivity index (χ2n) is 6.88. The number of carbonyl (C=O) groups is 1. The summed E-state index contributed by atoms with van der Waals surface area (Å²) < 4.78 is 11.2. The summed E-state index contributed by atoms with van der Waals surface area (Å²) in [5.41, 5.74) is 1.33. The van der Waals surface area contributed by atoms with Gasteiger partial charge in [-0.25, -0.2) is 0 Å². The number of amides is 1. The molecule has 1 atom stereocenters. The van der Waals surface area contributed by atoms with E-state index in [2.05, 4.69) is 5.32 Å². The predicted octanol–water partition coefficient (Wildman–Crippen LogP) is 3.65. The maximum Gasteiger partial charge on any atom is 0.276 e. The molecule has 1 N–H and O–H groups in total. The maximum absolute atomic E-state index is 12.5. The Morgan fingerprint density at radius 1 is 1.14 bits per heavy atom. The molecular weight excluding hydrogens is 360 g/mol. The van der Waals surface area contributed by atoms with Gasteiger partial charge in [0.2, 0.25) is 5.91 Å². The van der Waals surface area contributed by atoms with Gasteiger partial charge < -0.3 is 14.8 Å². The van der Waals surface area contributed by atoms with E-state index in [1.54, 1.807) is 18.2 Å². The van der Waals surface area contributed by atoms with Gasteiger partial charge >= 0.3 is 0 Å². The number of nitro groups is 1. The minimum absolute atomic E-state index is 0.0304. The van der Waals surface area contributed by atoms with E-state index in [-0.39, 0.29) is 17.6 Å². The van der Waals surface area contributed by atoms with Gasteiger partial charge in [0.15, 0.2) is 11.5 Å². The number of fused-ring (bicyclic) bond motifs is 1. The lowest BCUT2D eigenvalue weighted by Gasteiger charge is -2.22. The fourth-order valence-corrected chi connectivity index (χ4v) is 3.32. The summed E-state index contributed by atoms with van der Waals surface area (Å²) in [6, 6.07) is 11.9. The first-order valence-corrected chi connectivity index (χ1v) is 9.23. The first kappa shape index (κ1) is 18.0. The summed E-state index contributed by atoms with van der Waals surface area (Å²) in [6.07, 6.45) is 4.91. The van der Waals surface area contributed by atoms with Crippen LogP contribution < -0.4 is 14.8 Å². The Balaban J connectivity index is 1.50. The van der Waals surface area contributed by atoms with Crippen LogP contribution in [0.4, 0.5) is 5.69 Å². The summed E-state index contributed by atoms with van der Waals surface area (Å²) in [6.45, 7) is 1.04. The van der Waals surface area contributed by atoms with Crippen molar-refractivity contribution in [1.29, 1.82) is 0 Å². The van der Waals surface area contributed by atoms with Gasteiger partial charge in [-0.15, -0.1) is 0 Å². The SMILES string of the molecule is O=C(/C=C/c1ccccc1[N+](=O)[O-])NC(c1ccc2c(c1)OCCO2)C1CC1. The van der Waals surface area contributed by atoms with Gasteiger partial charge in [-0.2, -0.15) is 0 Å². The molecule has 2 aromatic rings. The summed E-state index contributed by atoms with van der Waals surface area (Å²) in [7, 11) is 0. The van der Waals surface area contributed by atoms with Crippen molar-refractivity contribution in [3.63, 3.8) is 0 Å². The Morgan fingerprint density at radius 3 is 2.64 bits per heavy atom. The highest BCUT2D eigenvalue weighted by Crippen LogP contribution is 2.43. The molecule has 7 nitrogen and oxygen atoms in total. The zero-order valence-corrected chi connectivity index (χ0v) is 15.2. The van der Waals surface area contributed by atoms with Crippen LogP contribution in [0.1, 0.15) is 30.0 Å². The van der Waals surface area contributed by atoms with E-state index in [0.717, 1.165) is 18.4 Å². The molecule has 0 saturated heterocycles. The molecular formula is C21H20N2O5. The van der Waals surface area contributed by atoms with Crippen LogP contribution in [-0.2, 0) is 4.79 Å². The lowest BCUT2D eigenvalue weighted by Crippen LogP contribution is -2.28. The number of benzene rings is 2. The molecule has 144 valence electrons. The summed E-state index contributed by atoms with van der Waals surface area (Å²) in [4.78, 5) is 23.1. The normalized spacial score (nSPS) is 16.6. The van der Waals surface area contributed by atoms with Crippen molar-refractivity contribution in [1.82, 2.24) is 5.32 Å². The zero-order chi connectivity index (χ0) is 19.5. The predicted molar refractivity (Wildman–Crippen MR) is 103 cm³/mol. The maximum atomic E-state index is 12.5.